The van der Waals surface area contributed by atoms with Gasteiger partial charge in [0.15, 0.2) is 0 Å². The van der Waals surface area contributed by atoms with Gasteiger partial charge in [-0.05, 0) is 11.6 Å². The maximum Gasteiger partial charge on any atom is 0.433 e. The van der Waals surface area contributed by atoms with Crippen LogP contribution in [0.3, 0.4) is 0 Å². The van der Waals surface area contributed by atoms with Crippen LogP contribution in [0.5, 0.6) is 0 Å². The molecule has 0 saturated carbocycles. The third-order valence-electron chi connectivity index (χ3n) is 2.87. The molecule has 0 aliphatic carbocycles. The lowest BCUT2D eigenvalue weighted by molar-refractivity contribution is -0.141. The highest BCUT2D eigenvalue weighted by Crippen LogP contribution is 2.29. The topological polar surface area (TPSA) is 88.5 Å². The first-order valence-electron chi connectivity index (χ1n) is 6.55. The SMILES string of the molecule is O=C(Nc1cnc(C(F)(F)F)cc1C(=O)O)OCc1ccccc1. The molecule has 1 amide bonds. The molecule has 0 bridgehead atoms. The number of hydrogen-bond donors (Lipinski definition) is 2. The molecule has 0 saturated heterocycles. The van der Waals surface area contributed by atoms with Crippen LogP contribution in [0.4, 0.5) is 23.7 Å². The number of benzene rings is 1. The molecule has 24 heavy (non-hydrogen) atoms. The van der Waals surface area contributed by atoms with Gasteiger partial charge >= 0.3 is 18.2 Å². The number of nitrogens with one attached hydrogen (secondary N) is 1. The molecular formula is C15H11F3N2O4. The van der Waals surface area contributed by atoms with E-state index < -0.39 is 35.2 Å². The highest BCUT2D eigenvalue weighted by molar-refractivity contribution is 5.98. The van der Waals surface area contributed by atoms with E-state index in [1.54, 1.807) is 30.3 Å². The van der Waals surface area contributed by atoms with Gasteiger partial charge in [0.05, 0.1) is 17.4 Å². The largest absolute Gasteiger partial charge is 0.478 e. The Morgan fingerprint density at radius 1 is 1.21 bits per heavy atom. The zero-order chi connectivity index (χ0) is 17.7. The number of alkyl halides is 3. The average molecular weight is 340 g/mol. The van der Waals surface area contributed by atoms with Crippen molar-refractivity contribution in [3.63, 3.8) is 0 Å². The molecule has 1 heterocycles. The molecule has 0 fully saturated rings. The summed E-state index contributed by atoms with van der Waals surface area (Å²) in [6.07, 6.45) is -5.19. The quantitative estimate of drug-likeness (QED) is 0.889. The second-order valence-corrected chi connectivity index (χ2v) is 4.60. The van der Waals surface area contributed by atoms with Gasteiger partial charge in [0.25, 0.3) is 0 Å². The molecule has 0 aliphatic heterocycles. The third kappa shape index (κ3) is 4.45. The first kappa shape index (κ1) is 17.3. The number of anilines is 1. The summed E-state index contributed by atoms with van der Waals surface area (Å²) in [5.41, 5.74) is -1.82. The molecule has 0 aliphatic rings. The number of nitrogens with zero attached hydrogens (tertiary/aromatic N) is 1. The number of amides is 1. The Morgan fingerprint density at radius 2 is 1.88 bits per heavy atom. The normalized spacial score (nSPS) is 11.0. The highest BCUT2D eigenvalue weighted by Gasteiger charge is 2.34. The van der Waals surface area contributed by atoms with E-state index in [0.29, 0.717) is 17.8 Å². The summed E-state index contributed by atoms with van der Waals surface area (Å²) in [5.74, 6) is -1.64. The summed E-state index contributed by atoms with van der Waals surface area (Å²) in [5, 5.41) is 11.1. The van der Waals surface area contributed by atoms with Gasteiger partial charge in [-0.15, -0.1) is 0 Å². The number of carboxylic acid groups (broad SMARTS) is 1. The molecular weight excluding hydrogens is 329 g/mol. The van der Waals surface area contributed by atoms with Gasteiger partial charge in [-0.3, -0.25) is 5.32 Å². The van der Waals surface area contributed by atoms with Crippen LogP contribution < -0.4 is 5.32 Å². The number of ether oxygens (including phenoxy) is 1. The summed E-state index contributed by atoms with van der Waals surface area (Å²) < 4.78 is 42.6. The summed E-state index contributed by atoms with van der Waals surface area (Å²) >= 11 is 0. The predicted molar refractivity (Wildman–Crippen MR) is 76.4 cm³/mol. The van der Waals surface area contributed by atoms with Gasteiger partial charge < -0.3 is 9.84 Å². The fourth-order valence-corrected chi connectivity index (χ4v) is 1.76. The Hall–Kier alpha value is -3.10. The maximum atomic E-state index is 12.6. The lowest BCUT2D eigenvalue weighted by Gasteiger charge is -2.11. The summed E-state index contributed by atoms with van der Waals surface area (Å²) in [4.78, 5) is 25.8. The van der Waals surface area contributed by atoms with E-state index in [0.717, 1.165) is 0 Å². The fourth-order valence-electron chi connectivity index (χ4n) is 1.76. The Bertz CT molecular complexity index is 748. The molecule has 0 radical (unpaired) electrons. The maximum absolute atomic E-state index is 12.6. The van der Waals surface area contributed by atoms with Crippen LogP contribution >= 0.6 is 0 Å². The second kappa shape index (κ2) is 6.99. The van der Waals surface area contributed by atoms with Gasteiger partial charge in [-0.25, -0.2) is 14.6 Å². The van der Waals surface area contributed by atoms with Crippen LogP contribution in [0.2, 0.25) is 0 Å². The number of carbonyl (C=O) groups is 2. The first-order valence-corrected chi connectivity index (χ1v) is 6.55. The molecule has 0 unspecified atom stereocenters. The van der Waals surface area contributed by atoms with Crippen LogP contribution in [0.15, 0.2) is 42.6 Å². The van der Waals surface area contributed by atoms with E-state index in [1.807, 2.05) is 0 Å². The van der Waals surface area contributed by atoms with E-state index in [4.69, 9.17) is 9.84 Å². The molecule has 126 valence electrons. The molecule has 6 nitrogen and oxygen atoms in total. The van der Waals surface area contributed by atoms with Crippen molar-refractivity contribution in [3.8, 4) is 0 Å². The van der Waals surface area contributed by atoms with Gasteiger partial charge in [0, 0.05) is 0 Å². The Morgan fingerprint density at radius 3 is 2.46 bits per heavy atom. The monoisotopic (exact) mass is 340 g/mol. The Balaban J connectivity index is 2.11. The summed E-state index contributed by atoms with van der Waals surface area (Å²) in [6.45, 7) is -0.0802. The van der Waals surface area contributed by atoms with Crippen LogP contribution in [0, 0.1) is 0 Å². The van der Waals surface area contributed by atoms with E-state index in [2.05, 4.69) is 10.3 Å². The number of carbonyl (C=O) groups excluding carboxylic acids is 1. The molecule has 0 atom stereocenters. The van der Waals surface area contributed by atoms with Gasteiger partial charge in [-0.1, -0.05) is 30.3 Å². The minimum absolute atomic E-state index is 0.0802. The van der Waals surface area contributed by atoms with E-state index in [-0.39, 0.29) is 6.61 Å². The number of pyridine rings is 1. The molecule has 2 rings (SSSR count). The third-order valence-corrected chi connectivity index (χ3v) is 2.87. The Kier molecular flexibility index (Phi) is 5.02. The van der Waals surface area contributed by atoms with Crippen molar-refractivity contribution < 1.29 is 32.6 Å². The summed E-state index contributed by atoms with van der Waals surface area (Å²) in [6, 6.07) is 8.99. The molecule has 2 aromatic rings. The van der Waals surface area contributed by atoms with Crippen LogP contribution in [0.25, 0.3) is 0 Å². The predicted octanol–water partition coefficient (Wildman–Crippen LogP) is 3.55. The van der Waals surface area contributed by atoms with Crippen molar-refractivity contribution in [3.05, 3.63) is 59.4 Å². The van der Waals surface area contributed by atoms with E-state index in [1.165, 1.54) is 0 Å². The van der Waals surface area contributed by atoms with Gasteiger partial charge in [-0.2, -0.15) is 13.2 Å². The smallest absolute Gasteiger partial charge is 0.433 e. The van der Waals surface area contributed by atoms with Gasteiger partial charge in [0.2, 0.25) is 0 Å². The van der Waals surface area contributed by atoms with E-state index >= 15 is 0 Å². The van der Waals surface area contributed by atoms with Crippen LogP contribution in [-0.4, -0.2) is 22.2 Å². The van der Waals surface area contributed by atoms with Gasteiger partial charge in [0.1, 0.15) is 12.3 Å². The minimum atomic E-state index is -4.80. The standard InChI is InChI=1S/C15H11F3N2O4/c16-15(17,18)12-6-10(13(21)22)11(7-19-12)20-14(23)24-8-9-4-2-1-3-5-9/h1-7H,8H2,(H,20,23)(H,21,22). The number of rotatable bonds is 4. The molecule has 0 spiro atoms. The zero-order valence-corrected chi connectivity index (χ0v) is 12.0. The van der Waals surface area contributed by atoms with Crippen molar-refractivity contribution >= 4 is 17.7 Å². The lowest BCUT2D eigenvalue weighted by atomic mass is 10.2. The van der Waals surface area contributed by atoms with Crippen LogP contribution in [-0.2, 0) is 17.5 Å². The fraction of sp³-hybridized carbons (Fsp3) is 0.133. The zero-order valence-electron chi connectivity index (χ0n) is 12.0. The number of halogens is 3. The van der Waals surface area contributed by atoms with Crippen molar-refractivity contribution in [2.24, 2.45) is 0 Å². The van der Waals surface area contributed by atoms with E-state index in [9.17, 15) is 22.8 Å². The van der Waals surface area contributed by atoms with Crippen molar-refractivity contribution in [1.82, 2.24) is 4.98 Å². The average Bonchev–Trinajstić information content (AvgIpc) is 2.53. The molecule has 1 aromatic carbocycles. The summed E-state index contributed by atoms with van der Waals surface area (Å²) in [7, 11) is 0. The minimum Gasteiger partial charge on any atom is -0.478 e. The lowest BCUT2D eigenvalue weighted by Crippen LogP contribution is -2.18. The van der Waals surface area contributed by atoms with Crippen molar-refractivity contribution in [2.75, 3.05) is 5.32 Å². The highest BCUT2D eigenvalue weighted by atomic mass is 19.4. The Labute approximate surface area is 133 Å². The van der Waals surface area contributed by atoms with Crippen molar-refractivity contribution in [2.45, 2.75) is 12.8 Å². The number of aromatic nitrogens is 1. The second-order valence-electron chi connectivity index (χ2n) is 4.60. The first-order chi connectivity index (χ1) is 11.3. The number of aromatic carboxylic acids is 1. The van der Waals surface area contributed by atoms with Crippen molar-refractivity contribution in [1.29, 1.82) is 0 Å². The molecule has 9 heteroatoms. The van der Waals surface area contributed by atoms with Crippen LogP contribution in [0.1, 0.15) is 21.6 Å². The molecule has 2 N–H and O–H groups in total. The molecule has 1 aromatic heterocycles. The number of carboxylic acids is 1. The number of hydrogen-bond acceptors (Lipinski definition) is 4.